The van der Waals surface area contributed by atoms with Crippen molar-refractivity contribution < 1.29 is 37.3 Å². The van der Waals surface area contributed by atoms with Crippen LogP contribution in [0.2, 0.25) is 0 Å². The molecule has 0 fully saturated rings. The standard InChI is InChI=1S/C66H127N2O7P/c1-7-10-13-16-19-22-25-28-30-31-32-33-34-35-36-37-39-41-44-47-50-53-56-59-66(70)75-64(57-54-51-48-45-42-27-24-21-18-15-12-9-3)63(62-74-76(71,72)73-61-60-68(4,5)6)67-65(69)58-55-52-49-46-43-40-38-29-26-23-20-17-14-11-8-2/h19,22,28,30,54,57,63-64H,7-18,20-21,23-27,29,31-53,55-56,58-62H2,1-6H3,(H-,67,69,71,72)/b22-19-,30-28-,57-54+. The minimum absolute atomic E-state index is 0.0194. The number of ether oxygens (including phenoxy) is 1. The highest BCUT2D eigenvalue weighted by atomic mass is 31.2. The third kappa shape index (κ3) is 56.9. The van der Waals surface area contributed by atoms with Gasteiger partial charge in [-0.05, 0) is 63.9 Å². The van der Waals surface area contributed by atoms with Crippen LogP contribution in [0.5, 0.6) is 0 Å². The van der Waals surface area contributed by atoms with E-state index in [1.54, 1.807) is 0 Å². The summed E-state index contributed by atoms with van der Waals surface area (Å²) in [7, 11) is 1.20. The Balaban J connectivity index is 5.11. The molecule has 0 aliphatic rings. The molecule has 0 aromatic carbocycles. The van der Waals surface area contributed by atoms with E-state index in [9.17, 15) is 19.0 Å². The van der Waals surface area contributed by atoms with Crippen molar-refractivity contribution in [3.05, 3.63) is 36.5 Å². The monoisotopic (exact) mass is 1090 g/mol. The molecule has 76 heavy (non-hydrogen) atoms. The van der Waals surface area contributed by atoms with E-state index >= 15 is 0 Å². The number of phosphoric ester groups is 1. The van der Waals surface area contributed by atoms with Gasteiger partial charge in [-0.25, -0.2) is 0 Å². The smallest absolute Gasteiger partial charge is 0.306 e. The molecular weight excluding hydrogens is 964 g/mol. The molecule has 0 aliphatic heterocycles. The van der Waals surface area contributed by atoms with Crippen LogP contribution in [-0.4, -0.2) is 69.4 Å². The van der Waals surface area contributed by atoms with Crippen molar-refractivity contribution in [2.24, 2.45) is 0 Å². The average molecular weight is 1090 g/mol. The average Bonchev–Trinajstić information content (AvgIpc) is 3.38. The molecule has 3 unspecified atom stereocenters. The van der Waals surface area contributed by atoms with E-state index in [4.69, 9.17) is 13.8 Å². The zero-order valence-corrected chi connectivity index (χ0v) is 52.1. The van der Waals surface area contributed by atoms with Crippen LogP contribution in [0.25, 0.3) is 0 Å². The Labute approximate surface area is 472 Å². The highest BCUT2D eigenvalue weighted by Crippen LogP contribution is 2.38. The van der Waals surface area contributed by atoms with Gasteiger partial charge < -0.3 is 28.5 Å². The molecule has 9 nitrogen and oxygen atoms in total. The fourth-order valence-electron chi connectivity index (χ4n) is 9.73. The van der Waals surface area contributed by atoms with Crippen molar-refractivity contribution in [2.75, 3.05) is 40.9 Å². The minimum atomic E-state index is -4.69. The van der Waals surface area contributed by atoms with E-state index < -0.39 is 20.0 Å². The molecule has 1 amide bonds. The summed E-state index contributed by atoms with van der Waals surface area (Å²) in [5, 5.41) is 3.04. The molecular formula is C66H127N2O7P. The fraction of sp³-hybridized carbons (Fsp3) is 0.879. The van der Waals surface area contributed by atoms with Crippen molar-refractivity contribution in [3.8, 4) is 0 Å². The second-order valence-electron chi connectivity index (χ2n) is 23.6. The summed E-state index contributed by atoms with van der Waals surface area (Å²) >= 11 is 0. The Kier molecular flexibility index (Phi) is 55.2. The molecule has 0 radical (unpaired) electrons. The number of quaternary nitrogens is 1. The number of hydrogen-bond donors (Lipinski definition) is 1. The maximum Gasteiger partial charge on any atom is 0.306 e. The topological polar surface area (TPSA) is 114 Å². The molecule has 0 aromatic rings. The number of unbranched alkanes of at least 4 members (excludes halogenated alkanes) is 40. The van der Waals surface area contributed by atoms with Crippen molar-refractivity contribution in [3.63, 3.8) is 0 Å². The van der Waals surface area contributed by atoms with Gasteiger partial charge in [-0.15, -0.1) is 0 Å². The van der Waals surface area contributed by atoms with Gasteiger partial charge in [0.15, 0.2) is 0 Å². The van der Waals surface area contributed by atoms with Crippen LogP contribution < -0.4 is 10.2 Å². The molecule has 1 N–H and O–H groups in total. The number of allylic oxidation sites excluding steroid dienone is 5. The largest absolute Gasteiger partial charge is 0.756 e. The number of nitrogens with one attached hydrogen (secondary N) is 1. The lowest BCUT2D eigenvalue weighted by atomic mass is 10.0. The van der Waals surface area contributed by atoms with E-state index in [0.717, 1.165) is 64.2 Å². The maximum atomic E-state index is 13.5. The number of hydrogen-bond acceptors (Lipinski definition) is 7. The number of phosphoric acid groups is 1. The Hall–Kier alpha value is -1.77. The molecule has 0 spiro atoms. The fourth-order valence-corrected chi connectivity index (χ4v) is 10.5. The Morgan fingerprint density at radius 2 is 0.803 bits per heavy atom. The van der Waals surface area contributed by atoms with Gasteiger partial charge in [0.25, 0.3) is 7.82 Å². The number of nitrogens with zero attached hydrogens (tertiary/aromatic N) is 1. The summed E-state index contributed by atoms with van der Waals surface area (Å²) in [6.45, 7) is 6.86. The third-order valence-electron chi connectivity index (χ3n) is 14.8. The zero-order valence-electron chi connectivity index (χ0n) is 51.2. The van der Waals surface area contributed by atoms with E-state index in [2.05, 4.69) is 50.4 Å². The first-order chi connectivity index (χ1) is 36.9. The first kappa shape index (κ1) is 74.2. The number of esters is 1. The number of carbonyl (C=O) groups excluding carboxylic acids is 2. The normalized spacial score (nSPS) is 13.8. The summed E-state index contributed by atoms with van der Waals surface area (Å²) in [5.74, 6) is -0.526. The highest BCUT2D eigenvalue weighted by Gasteiger charge is 2.27. The number of rotatable bonds is 60. The Bertz CT molecular complexity index is 1400. The van der Waals surface area contributed by atoms with Crippen LogP contribution in [-0.2, 0) is 27.9 Å². The maximum absolute atomic E-state index is 13.5. The van der Waals surface area contributed by atoms with Crippen molar-refractivity contribution in [1.29, 1.82) is 0 Å². The summed E-state index contributed by atoms with van der Waals surface area (Å²) in [6, 6.07) is -0.883. The predicted molar refractivity (Wildman–Crippen MR) is 326 cm³/mol. The van der Waals surface area contributed by atoms with Gasteiger partial charge in [0.1, 0.15) is 19.3 Å². The first-order valence-corrected chi connectivity index (χ1v) is 34.3. The molecule has 0 heterocycles. The van der Waals surface area contributed by atoms with Crippen molar-refractivity contribution in [2.45, 2.75) is 335 Å². The summed E-state index contributed by atoms with van der Waals surface area (Å²) in [4.78, 5) is 40.0. The number of likely N-dealkylation sites (N-methyl/N-ethyl adjacent to an activating group) is 1. The lowest BCUT2D eigenvalue weighted by Crippen LogP contribution is -2.47. The van der Waals surface area contributed by atoms with Gasteiger partial charge in [0, 0.05) is 12.8 Å². The van der Waals surface area contributed by atoms with Gasteiger partial charge >= 0.3 is 5.97 Å². The third-order valence-corrected chi connectivity index (χ3v) is 15.8. The lowest BCUT2D eigenvalue weighted by Gasteiger charge is -2.30. The van der Waals surface area contributed by atoms with Gasteiger partial charge in [-0.2, -0.15) is 0 Å². The second kappa shape index (κ2) is 56.5. The van der Waals surface area contributed by atoms with Crippen LogP contribution in [0, 0.1) is 0 Å². The molecule has 0 aromatic heterocycles. The summed E-state index contributed by atoms with van der Waals surface area (Å²) < 4.78 is 30.4. The Morgan fingerprint density at radius 3 is 1.21 bits per heavy atom. The zero-order chi connectivity index (χ0) is 55.7. The van der Waals surface area contributed by atoms with E-state index in [-0.39, 0.29) is 31.5 Å². The van der Waals surface area contributed by atoms with Gasteiger partial charge in [-0.1, -0.05) is 282 Å². The Morgan fingerprint density at radius 1 is 0.461 bits per heavy atom. The van der Waals surface area contributed by atoms with Gasteiger partial charge in [0.05, 0.1) is 33.8 Å². The highest BCUT2D eigenvalue weighted by molar-refractivity contribution is 7.45. The van der Waals surface area contributed by atoms with E-state index in [0.29, 0.717) is 17.4 Å². The van der Waals surface area contributed by atoms with Crippen LogP contribution in [0.3, 0.4) is 0 Å². The van der Waals surface area contributed by atoms with Crippen LogP contribution >= 0.6 is 7.82 Å². The molecule has 0 saturated carbocycles. The molecule has 448 valence electrons. The van der Waals surface area contributed by atoms with Crippen LogP contribution in [0.1, 0.15) is 323 Å². The van der Waals surface area contributed by atoms with Gasteiger partial charge in [0.2, 0.25) is 5.91 Å². The number of carbonyl (C=O) groups is 2. The van der Waals surface area contributed by atoms with Crippen molar-refractivity contribution >= 4 is 19.7 Å². The molecule has 10 heteroatoms. The molecule has 0 bridgehead atoms. The second-order valence-corrected chi connectivity index (χ2v) is 25.0. The SMILES string of the molecule is CCCCC/C=C\C/C=C\CCCCCCCCCCCCCCCC(=O)OC(/C=C/CCCCCCCCCCCC)C(COP(=O)([O-])OCC[N+](C)(C)C)NC(=O)CCCCCCCCCCCCCCCCC. The number of amides is 1. The lowest BCUT2D eigenvalue weighted by molar-refractivity contribution is -0.870. The van der Waals surface area contributed by atoms with E-state index in [1.807, 2.05) is 33.3 Å². The van der Waals surface area contributed by atoms with Crippen LogP contribution in [0.4, 0.5) is 0 Å². The predicted octanol–water partition coefficient (Wildman–Crippen LogP) is 19.7. The minimum Gasteiger partial charge on any atom is -0.756 e. The molecule has 0 aliphatic carbocycles. The molecule has 0 saturated heterocycles. The van der Waals surface area contributed by atoms with Crippen LogP contribution in [0.15, 0.2) is 36.5 Å². The summed E-state index contributed by atoms with van der Waals surface area (Å²) in [5.41, 5.74) is 0. The first-order valence-electron chi connectivity index (χ1n) is 32.8. The molecule has 3 atom stereocenters. The summed E-state index contributed by atoms with van der Waals surface area (Å²) in [6.07, 6.45) is 68.2. The van der Waals surface area contributed by atoms with Gasteiger partial charge in [-0.3, -0.25) is 14.2 Å². The molecule has 0 rings (SSSR count). The quantitative estimate of drug-likeness (QED) is 0.0212. The van der Waals surface area contributed by atoms with E-state index in [1.165, 1.54) is 225 Å². The van der Waals surface area contributed by atoms with Crippen molar-refractivity contribution in [1.82, 2.24) is 5.32 Å².